The molecule has 19 heavy (non-hydrogen) atoms. The molecular weight excluding hydrogens is 246 g/mol. The molecular formula is C14H23NO4. The number of rotatable bonds is 9. The summed E-state index contributed by atoms with van der Waals surface area (Å²) in [5.41, 5.74) is 0.809. The molecule has 1 rings (SSSR count). The first kappa shape index (κ1) is 15.9. The smallest absolute Gasteiger partial charge is 0.120 e. The number of hydrogen-bond acceptors (Lipinski definition) is 5. The van der Waals surface area contributed by atoms with E-state index >= 15 is 0 Å². The van der Waals surface area contributed by atoms with Crippen molar-refractivity contribution in [3.05, 3.63) is 29.8 Å². The third kappa shape index (κ3) is 6.54. The second-order valence-electron chi connectivity index (χ2n) is 4.51. The summed E-state index contributed by atoms with van der Waals surface area (Å²) < 4.78 is 10.3. The Balaban J connectivity index is 2.17. The van der Waals surface area contributed by atoms with E-state index in [1.807, 2.05) is 19.1 Å². The van der Waals surface area contributed by atoms with Crippen molar-refractivity contribution < 1.29 is 19.7 Å². The molecule has 0 aliphatic heterocycles. The van der Waals surface area contributed by atoms with Gasteiger partial charge in [0.1, 0.15) is 5.75 Å². The normalized spacial score (nSPS) is 14.3. The van der Waals surface area contributed by atoms with Crippen LogP contribution in [-0.4, -0.2) is 49.3 Å². The van der Waals surface area contributed by atoms with E-state index in [1.54, 1.807) is 19.2 Å². The first-order chi connectivity index (χ1) is 9.13. The lowest BCUT2D eigenvalue weighted by Gasteiger charge is -2.16. The lowest BCUT2D eigenvalue weighted by atomic mass is 10.2. The SMILES string of the molecule is COCC(C)OCC(O)CNCc1ccccc1O. The molecule has 0 aromatic heterocycles. The molecule has 2 unspecified atom stereocenters. The Kier molecular flexibility index (Phi) is 7.43. The maximum Gasteiger partial charge on any atom is 0.120 e. The second kappa shape index (κ2) is 8.87. The highest BCUT2D eigenvalue weighted by Gasteiger charge is 2.08. The number of nitrogens with one attached hydrogen (secondary N) is 1. The van der Waals surface area contributed by atoms with Crippen molar-refractivity contribution in [1.82, 2.24) is 5.32 Å². The van der Waals surface area contributed by atoms with Gasteiger partial charge in [-0.2, -0.15) is 0 Å². The van der Waals surface area contributed by atoms with Crippen molar-refractivity contribution in [2.75, 3.05) is 26.9 Å². The molecule has 0 aliphatic rings. The monoisotopic (exact) mass is 269 g/mol. The summed E-state index contributed by atoms with van der Waals surface area (Å²) in [6, 6.07) is 7.12. The Morgan fingerprint density at radius 2 is 2.00 bits per heavy atom. The van der Waals surface area contributed by atoms with Crippen LogP contribution in [0.3, 0.4) is 0 Å². The number of aliphatic hydroxyl groups excluding tert-OH is 1. The molecule has 1 aromatic carbocycles. The Hall–Kier alpha value is -1.14. The molecule has 0 heterocycles. The first-order valence-electron chi connectivity index (χ1n) is 6.39. The first-order valence-corrected chi connectivity index (χ1v) is 6.39. The lowest BCUT2D eigenvalue weighted by molar-refractivity contribution is -0.0311. The molecule has 3 N–H and O–H groups in total. The van der Waals surface area contributed by atoms with Gasteiger partial charge in [0.15, 0.2) is 0 Å². The van der Waals surface area contributed by atoms with Gasteiger partial charge < -0.3 is 25.0 Å². The molecule has 0 saturated heterocycles. The summed E-state index contributed by atoms with van der Waals surface area (Å²) in [4.78, 5) is 0. The summed E-state index contributed by atoms with van der Waals surface area (Å²) in [5, 5.41) is 22.4. The number of ether oxygens (including phenoxy) is 2. The minimum Gasteiger partial charge on any atom is -0.508 e. The van der Waals surface area contributed by atoms with Gasteiger partial charge in [0.05, 0.1) is 25.4 Å². The van der Waals surface area contributed by atoms with E-state index < -0.39 is 6.10 Å². The number of para-hydroxylation sites is 1. The zero-order valence-corrected chi connectivity index (χ0v) is 11.5. The molecule has 0 fully saturated rings. The topological polar surface area (TPSA) is 71.0 Å². The zero-order valence-electron chi connectivity index (χ0n) is 11.5. The van der Waals surface area contributed by atoms with Gasteiger partial charge >= 0.3 is 0 Å². The molecule has 2 atom stereocenters. The maximum absolute atomic E-state index is 9.72. The summed E-state index contributed by atoms with van der Waals surface area (Å²) in [7, 11) is 1.62. The van der Waals surface area contributed by atoms with Gasteiger partial charge in [-0.25, -0.2) is 0 Å². The van der Waals surface area contributed by atoms with Gasteiger partial charge in [0, 0.05) is 25.8 Å². The molecule has 0 bridgehead atoms. The average molecular weight is 269 g/mol. The molecule has 5 nitrogen and oxygen atoms in total. The summed E-state index contributed by atoms with van der Waals surface area (Å²) >= 11 is 0. The van der Waals surface area contributed by atoms with Gasteiger partial charge in [-0.05, 0) is 13.0 Å². The fraction of sp³-hybridized carbons (Fsp3) is 0.571. The Bertz CT molecular complexity index is 359. The largest absolute Gasteiger partial charge is 0.508 e. The quantitative estimate of drug-likeness (QED) is 0.621. The Morgan fingerprint density at radius 3 is 2.68 bits per heavy atom. The Labute approximate surface area is 114 Å². The van der Waals surface area contributed by atoms with Crippen LogP contribution in [0.5, 0.6) is 5.75 Å². The van der Waals surface area contributed by atoms with E-state index in [0.29, 0.717) is 19.7 Å². The van der Waals surface area contributed by atoms with Crippen LogP contribution in [0.1, 0.15) is 12.5 Å². The summed E-state index contributed by atoms with van der Waals surface area (Å²) in [5.74, 6) is 0.259. The van der Waals surface area contributed by atoms with Crippen LogP contribution in [0.15, 0.2) is 24.3 Å². The number of methoxy groups -OCH3 is 1. The van der Waals surface area contributed by atoms with Crippen molar-refractivity contribution >= 4 is 0 Å². The fourth-order valence-electron chi connectivity index (χ4n) is 1.65. The average Bonchev–Trinajstić information content (AvgIpc) is 2.39. The summed E-state index contributed by atoms with van der Waals surface area (Å²) in [6.07, 6.45) is -0.608. The number of hydrogen-bond donors (Lipinski definition) is 3. The van der Waals surface area contributed by atoms with Crippen molar-refractivity contribution in [3.8, 4) is 5.75 Å². The van der Waals surface area contributed by atoms with E-state index in [-0.39, 0.29) is 18.5 Å². The molecule has 0 spiro atoms. The molecule has 0 radical (unpaired) electrons. The Morgan fingerprint density at radius 1 is 1.26 bits per heavy atom. The van der Waals surface area contributed by atoms with Crippen molar-refractivity contribution in [1.29, 1.82) is 0 Å². The molecule has 0 aliphatic carbocycles. The highest BCUT2D eigenvalue weighted by molar-refractivity contribution is 5.31. The number of phenolic OH excluding ortho intramolecular Hbond substituents is 1. The highest BCUT2D eigenvalue weighted by atomic mass is 16.5. The molecule has 5 heteroatoms. The summed E-state index contributed by atoms with van der Waals surface area (Å²) in [6.45, 7) is 3.59. The number of aliphatic hydroxyl groups is 1. The standard InChI is InChI=1S/C14H23NO4/c1-11(9-18-2)19-10-13(16)8-15-7-12-5-3-4-6-14(12)17/h3-6,11,13,15-17H,7-10H2,1-2H3. The maximum atomic E-state index is 9.72. The molecule has 1 aromatic rings. The van der Waals surface area contributed by atoms with E-state index in [2.05, 4.69) is 5.32 Å². The van der Waals surface area contributed by atoms with Crippen LogP contribution < -0.4 is 5.32 Å². The minimum atomic E-state index is -0.579. The van der Waals surface area contributed by atoms with E-state index in [1.165, 1.54) is 0 Å². The third-order valence-electron chi connectivity index (χ3n) is 2.66. The van der Waals surface area contributed by atoms with Crippen LogP contribution in [0, 0.1) is 0 Å². The second-order valence-corrected chi connectivity index (χ2v) is 4.51. The van der Waals surface area contributed by atoms with Gasteiger partial charge in [-0.3, -0.25) is 0 Å². The lowest BCUT2D eigenvalue weighted by Crippen LogP contribution is -2.32. The van der Waals surface area contributed by atoms with E-state index in [0.717, 1.165) is 5.56 Å². The number of benzene rings is 1. The van der Waals surface area contributed by atoms with Crippen LogP contribution in [0.25, 0.3) is 0 Å². The number of phenols is 1. The van der Waals surface area contributed by atoms with Crippen molar-refractivity contribution in [2.45, 2.75) is 25.7 Å². The van der Waals surface area contributed by atoms with Crippen LogP contribution in [-0.2, 0) is 16.0 Å². The number of aromatic hydroxyl groups is 1. The van der Waals surface area contributed by atoms with Crippen LogP contribution in [0.4, 0.5) is 0 Å². The van der Waals surface area contributed by atoms with Gasteiger partial charge in [-0.1, -0.05) is 18.2 Å². The highest BCUT2D eigenvalue weighted by Crippen LogP contribution is 2.14. The predicted octanol–water partition coefficient (Wildman–Crippen LogP) is 0.894. The minimum absolute atomic E-state index is 0.0298. The van der Waals surface area contributed by atoms with Gasteiger partial charge in [0.25, 0.3) is 0 Å². The molecule has 0 amide bonds. The van der Waals surface area contributed by atoms with Crippen LogP contribution >= 0.6 is 0 Å². The van der Waals surface area contributed by atoms with Gasteiger partial charge in [0.2, 0.25) is 0 Å². The van der Waals surface area contributed by atoms with Crippen LogP contribution in [0.2, 0.25) is 0 Å². The fourth-order valence-corrected chi connectivity index (χ4v) is 1.65. The van der Waals surface area contributed by atoms with Crippen molar-refractivity contribution in [3.63, 3.8) is 0 Å². The predicted molar refractivity (Wildman–Crippen MR) is 73.1 cm³/mol. The molecule has 108 valence electrons. The van der Waals surface area contributed by atoms with Gasteiger partial charge in [-0.15, -0.1) is 0 Å². The molecule has 0 saturated carbocycles. The van der Waals surface area contributed by atoms with Crippen molar-refractivity contribution in [2.24, 2.45) is 0 Å². The third-order valence-corrected chi connectivity index (χ3v) is 2.66. The van der Waals surface area contributed by atoms with E-state index in [9.17, 15) is 10.2 Å². The zero-order chi connectivity index (χ0) is 14.1. The van der Waals surface area contributed by atoms with E-state index in [4.69, 9.17) is 9.47 Å².